The van der Waals surface area contributed by atoms with E-state index >= 15 is 0 Å². The number of hydrogen-bond donors (Lipinski definition) is 1. The molecule has 1 unspecified atom stereocenters. The predicted molar refractivity (Wildman–Crippen MR) is 78.1 cm³/mol. The first-order chi connectivity index (χ1) is 9.20. The molecule has 19 heavy (non-hydrogen) atoms. The summed E-state index contributed by atoms with van der Waals surface area (Å²) in [5, 5.41) is 0. The highest BCUT2D eigenvalue weighted by molar-refractivity contribution is 5.26. The van der Waals surface area contributed by atoms with Crippen molar-refractivity contribution in [2.24, 2.45) is 17.6 Å². The Hall–Kier alpha value is -1.09. The normalized spacial score (nSPS) is 25.0. The minimum absolute atomic E-state index is 0.102. The van der Waals surface area contributed by atoms with Crippen LogP contribution in [0.25, 0.3) is 0 Å². The zero-order valence-electron chi connectivity index (χ0n) is 12.1. The Kier molecular flexibility index (Phi) is 5.20. The fourth-order valence-electron chi connectivity index (χ4n) is 2.83. The summed E-state index contributed by atoms with van der Waals surface area (Å²) in [5.74, 6) is 2.30. The molecule has 0 amide bonds. The van der Waals surface area contributed by atoms with E-state index in [0.29, 0.717) is 5.92 Å². The Morgan fingerprint density at radius 2 is 2.05 bits per heavy atom. The number of nitrogens with zero attached hydrogens (tertiary/aromatic N) is 1. The van der Waals surface area contributed by atoms with Gasteiger partial charge in [0.25, 0.3) is 0 Å². The van der Waals surface area contributed by atoms with Gasteiger partial charge in [0.2, 0.25) is 0 Å². The van der Waals surface area contributed by atoms with Crippen LogP contribution in [0.4, 0.5) is 0 Å². The lowest BCUT2D eigenvalue weighted by Crippen LogP contribution is -2.25. The van der Waals surface area contributed by atoms with E-state index in [2.05, 4.69) is 24.9 Å². The molecule has 0 saturated heterocycles. The fraction of sp³-hybridized carbons (Fsp3) is 0.688. The Morgan fingerprint density at radius 3 is 2.74 bits per heavy atom. The first-order valence-corrected chi connectivity index (χ1v) is 7.54. The zero-order valence-corrected chi connectivity index (χ0v) is 12.1. The van der Waals surface area contributed by atoms with E-state index < -0.39 is 0 Å². The molecule has 0 radical (unpaired) electrons. The van der Waals surface area contributed by atoms with Crippen LogP contribution < -0.4 is 10.5 Å². The molecule has 2 N–H and O–H groups in total. The zero-order chi connectivity index (χ0) is 13.7. The molecule has 0 spiro atoms. The second-order valence-electron chi connectivity index (χ2n) is 5.85. The monoisotopic (exact) mass is 262 g/mol. The van der Waals surface area contributed by atoms with E-state index in [1.165, 1.54) is 25.7 Å². The van der Waals surface area contributed by atoms with E-state index in [-0.39, 0.29) is 6.04 Å². The summed E-state index contributed by atoms with van der Waals surface area (Å²) < 4.78 is 5.63. The Labute approximate surface area is 116 Å². The molecule has 3 heteroatoms. The average molecular weight is 262 g/mol. The van der Waals surface area contributed by atoms with Gasteiger partial charge in [0, 0.05) is 12.2 Å². The maximum atomic E-state index is 6.42. The van der Waals surface area contributed by atoms with Crippen molar-refractivity contribution in [1.29, 1.82) is 0 Å². The molecule has 1 aliphatic carbocycles. The Bertz CT molecular complexity index is 386. The van der Waals surface area contributed by atoms with Gasteiger partial charge in [0.15, 0.2) is 0 Å². The molecule has 1 atom stereocenters. The van der Waals surface area contributed by atoms with Gasteiger partial charge in [-0.25, -0.2) is 0 Å². The summed E-state index contributed by atoms with van der Waals surface area (Å²) in [6, 6.07) is 2.16. The number of aromatic nitrogens is 1. The molecule has 3 nitrogen and oxygen atoms in total. The van der Waals surface area contributed by atoms with Gasteiger partial charge in [-0.05, 0) is 42.7 Å². The predicted octanol–water partition coefficient (Wildman–Crippen LogP) is 3.70. The number of nitrogens with two attached hydrogens (primary N) is 1. The van der Waals surface area contributed by atoms with Crippen molar-refractivity contribution in [2.45, 2.75) is 52.0 Å². The molecule has 0 bridgehead atoms. The van der Waals surface area contributed by atoms with Crippen molar-refractivity contribution in [1.82, 2.24) is 4.98 Å². The van der Waals surface area contributed by atoms with Crippen LogP contribution in [0.5, 0.6) is 5.75 Å². The maximum absolute atomic E-state index is 6.42. The first-order valence-electron chi connectivity index (χ1n) is 7.54. The highest BCUT2D eigenvalue weighted by Gasteiger charge is 2.25. The topological polar surface area (TPSA) is 48.1 Å². The standard InChI is InChI=1S/C16H26N2O/c1-3-8-19-15-9-14(10-18-11-15)16(17)13-6-4-12(2)5-7-13/h9-13,16H,3-8,17H2,1-2H3. The summed E-state index contributed by atoms with van der Waals surface area (Å²) in [4.78, 5) is 4.26. The number of hydrogen-bond acceptors (Lipinski definition) is 3. The molecular formula is C16H26N2O. The SMILES string of the molecule is CCCOc1cncc(C(N)C2CCC(C)CC2)c1. The van der Waals surface area contributed by atoms with Crippen molar-refractivity contribution in [3.63, 3.8) is 0 Å². The van der Waals surface area contributed by atoms with E-state index in [1.807, 2.05) is 6.20 Å². The van der Waals surface area contributed by atoms with Crippen molar-refractivity contribution in [2.75, 3.05) is 6.61 Å². The van der Waals surface area contributed by atoms with E-state index in [1.54, 1.807) is 6.20 Å². The third-order valence-electron chi connectivity index (χ3n) is 4.16. The molecule has 0 aliphatic heterocycles. The summed E-state index contributed by atoms with van der Waals surface area (Å²) in [6.45, 7) is 5.18. The van der Waals surface area contributed by atoms with Crippen LogP contribution in [0.3, 0.4) is 0 Å². The highest BCUT2D eigenvalue weighted by atomic mass is 16.5. The van der Waals surface area contributed by atoms with Crippen molar-refractivity contribution in [3.05, 3.63) is 24.0 Å². The van der Waals surface area contributed by atoms with Crippen LogP contribution in [-0.2, 0) is 0 Å². The number of ether oxygens (including phenoxy) is 1. The molecule has 1 saturated carbocycles. The second-order valence-corrected chi connectivity index (χ2v) is 5.85. The molecule has 106 valence electrons. The van der Waals surface area contributed by atoms with Crippen molar-refractivity contribution in [3.8, 4) is 5.75 Å². The first kappa shape index (κ1) is 14.3. The third-order valence-corrected chi connectivity index (χ3v) is 4.16. The summed E-state index contributed by atoms with van der Waals surface area (Å²) in [7, 11) is 0. The van der Waals surface area contributed by atoms with Gasteiger partial charge in [0.1, 0.15) is 5.75 Å². The summed E-state index contributed by atoms with van der Waals surface area (Å²) in [5.41, 5.74) is 7.54. The van der Waals surface area contributed by atoms with E-state index in [4.69, 9.17) is 10.5 Å². The van der Waals surface area contributed by atoms with Gasteiger partial charge in [-0.3, -0.25) is 4.98 Å². The molecule has 1 fully saturated rings. The lowest BCUT2D eigenvalue weighted by molar-refractivity contribution is 0.255. The van der Waals surface area contributed by atoms with Gasteiger partial charge >= 0.3 is 0 Å². The molecular weight excluding hydrogens is 236 g/mol. The molecule has 1 aliphatic rings. The largest absolute Gasteiger partial charge is 0.492 e. The van der Waals surface area contributed by atoms with Crippen LogP contribution in [-0.4, -0.2) is 11.6 Å². The number of pyridine rings is 1. The van der Waals surface area contributed by atoms with Gasteiger partial charge in [0.05, 0.1) is 12.8 Å². The second kappa shape index (κ2) is 6.90. The van der Waals surface area contributed by atoms with Crippen LogP contribution in [0, 0.1) is 11.8 Å². The lowest BCUT2D eigenvalue weighted by Gasteiger charge is -2.30. The average Bonchev–Trinajstić information content (AvgIpc) is 2.45. The van der Waals surface area contributed by atoms with Crippen molar-refractivity contribution < 1.29 is 4.74 Å². The quantitative estimate of drug-likeness (QED) is 0.880. The lowest BCUT2D eigenvalue weighted by atomic mass is 9.78. The minimum Gasteiger partial charge on any atom is -0.492 e. The highest BCUT2D eigenvalue weighted by Crippen LogP contribution is 2.35. The van der Waals surface area contributed by atoms with Crippen LogP contribution in [0.2, 0.25) is 0 Å². The molecule has 1 aromatic rings. The van der Waals surface area contributed by atoms with Crippen molar-refractivity contribution >= 4 is 0 Å². The van der Waals surface area contributed by atoms with E-state index in [9.17, 15) is 0 Å². The van der Waals surface area contributed by atoms with Crippen LogP contribution in [0.15, 0.2) is 18.5 Å². The Morgan fingerprint density at radius 1 is 1.32 bits per heavy atom. The molecule has 0 aromatic carbocycles. The fourth-order valence-corrected chi connectivity index (χ4v) is 2.83. The molecule has 2 rings (SSSR count). The van der Waals surface area contributed by atoms with Gasteiger partial charge in [-0.2, -0.15) is 0 Å². The van der Waals surface area contributed by atoms with Gasteiger partial charge < -0.3 is 10.5 Å². The smallest absolute Gasteiger partial charge is 0.137 e. The third kappa shape index (κ3) is 3.93. The van der Waals surface area contributed by atoms with Crippen LogP contribution >= 0.6 is 0 Å². The van der Waals surface area contributed by atoms with E-state index in [0.717, 1.165) is 30.3 Å². The summed E-state index contributed by atoms with van der Waals surface area (Å²) in [6.07, 6.45) is 9.76. The molecule has 1 aromatic heterocycles. The van der Waals surface area contributed by atoms with Crippen LogP contribution in [0.1, 0.15) is 57.6 Å². The maximum Gasteiger partial charge on any atom is 0.137 e. The minimum atomic E-state index is 0.102. The molecule has 1 heterocycles. The van der Waals surface area contributed by atoms with Gasteiger partial charge in [-0.1, -0.05) is 26.7 Å². The summed E-state index contributed by atoms with van der Waals surface area (Å²) >= 11 is 0. The number of rotatable bonds is 5. The van der Waals surface area contributed by atoms with Gasteiger partial charge in [-0.15, -0.1) is 0 Å². The Balaban J connectivity index is 1.99.